The number of rotatable bonds is 1. The van der Waals surface area contributed by atoms with Gasteiger partial charge in [-0.15, -0.1) is 0 Å². The lowest BCUT2D eigenvalue weighted by atomic mass is 10.0. The summed E-state index contributed by atoms with van der Waals surface area (Å²) < 4.78 is 22.0. The molecule has 0 radical (unpaired) electrons. The predicted octanol–water partition coefficient (Wildman–Crippen LogP) is 4.53. The second kappa shape index (κ2) is 4.67. The molecule has 0 saturated heterocycles. The highest BCUT2D eigenvalue weighted by atomic mass is 19.1. The molecule has 0 atom stereocenters. The van der Waals surface area contributed by atoms with E-state index < -0.39 is 0 Å². The molecule has 2 nitrogen and oxygen atoms in total. The first kappa shape index (κ1) is 13.0. The first-order valence-corrected chi connectivity index (χ1v) is 7.22. The van der Waals surface area contributed by atoms with Crippen LogP contribution >= 0.6 is 0 Å². The van der Waals surface area contributed by atoms with E-state index in [1.807, 2.05) is 55.1 Å². The first-order valence-electron chi connectivity index (χ1n) is 7.22. The van der Waals surface area contributed by atoms with Crippen LogP contribution in [0.25, 0.3) is 33.2 Å². The Kier molecular flexibility index (Phi) is 2.76. The fraction of sp³-hybridized carbons (Fsp3) is 0.105. The predicted molar refractivity (Wildman–Crippen MR) is 85.0 cm³/mol. The molecule has 0 fully saturated rings. The maximum atomic E-state index is 14.0. The molecular weight excluding hydrogens is 277 g/mol. The maximum absolute atomic E-state index is 14.0. The maximum Gasteiger partial charge on any atom is 0.216 e. The van der Waals surface area contributed by atoms with E-state index in [2.05, 4.69) is 6.07 Å². The highest BCUT2D eigenvalue weighted by Crippen LogP contribution is 2.37. The second-order valence-electron chi connectivity index (χ2n) is 5.55. The van der Waals surface area contributed by atoms with E-state index in [4.69, 9.17) is 4.42 Å². The molecule has 22 heavy (non-hydrogen) atoms. The number of aryl methyl sites for hydroxylation is 2. The van der Waals surface area contributed by atoms with Gasteiger partial charge in [0.2, 0.25) is 5.69 Å². The van der Waals surface area contributed by atoms with Crippen molar-refractivity contribution in [3.05, 3.63) is 66.1 Å². The normalized spacial score (nSPS) is 11.4. The molecular formula is C19H15FNO+. The van der Waals surface area contributed by atoms with Crippen LogP contribution in [-0.2, 0) is 7.05 Å². The number of halogens is 1. The average Bonchev–Trinajstić information content (AvgIpc) is 2.88. The van der Waals surface area contributed by atoms with Gasteiger partial charge in [-0.25, -0.2) is 8.96 Å². The summed E-state index contributed by atoms with van der Waals surface area (Å²) in [5.74, 6) is -0.324. The Morgan fingerprint density at radius 2 is 1.73 bits per heavy atom. The largest absolute Gasteiger partial charge is 0.452 e. The van der Waals surface area contributed by atoms with E-state index >= 15 is 0 Å². The molecule has 4 aromatic rings. The van der Waals surface area contributed by atoms with Crippen molar-refractivity contribution >= 4 is 21.9 Å². The van der Waals surface area contributed by atoms with Crippen molar-refractivity contribution in [2.75, 3.05) is 0 Å². The van der Waals surface area contributed by atoms with Crippen LogP contribution in [0.4, 0.5) is 4.39 Å². The van der Waals surface area contributed by atoms with Gasteiger partial charge in [0.1, 0.15) is 12.6 Å². The number of nitrogens with zero attached hydrogens (tertiary/aromatic N) is 1. The number of aromatic nitrogens is 1. The zero-order chi connectivity index (χ0) is 15.3. The monoisotopic (exact) mass is 292 g/mol. The molecule has 108 valence electrons. The molecule has 0 bridgehead atoms. The highest BCUT2D eigenvalue weighted by Gasteiger charge is 2.20. The van der Waals surface area contributed by atoms with Gasteiger partial charge in [0.05, 0.1) is 5.56 Å². The third-order valence-corrected chi connectivity index (χ3v) is 4.14. The van der Waals surface area contributed by atoms with Crippen LogP contribution in [0.2, 0.25) is 0 Å². The highest BCUT2D eigenvalue weighted by molar-refractivity contribution is 6.09. The lowest BCUT2D eigenvalue weighted by Crippen LogP contribution is -2.30. The number of fused-ring (bicyclic) bond motifs is 3. The zero-order valence-electron chi connectivity index (χ0n) is 12.4. The van der Waals surface area contributed by atoms with Crippen LogP contribution < -0.4 is 4.57 Å². The summed E-state index contributed by atoms with van der Waals surface area (Å²) in [4.78, 5) is 0. The van der Waals surface area contributed by atoms with E-state index in [9.17, 15) is 4.39 Å². The minimum Gasteiger partial charge on any atom is -0.452 e. The third kappa shape index (κ3) is 1.75. The summed E-state index contributed by atoms with van der Waals surface area (Å²) in [6.45, 7) is 2.05. The van der Waals surface area contributed by atoms with E-state index in [0.29, 0.717) is 5.58 Å². The first-order chi connectivity index (χ1) is 10.7. The number of benzene rings is 2. The summed E-state index contributed by atoms with van der Waals surface area (Å²) >= 11 is 0. The quantitative estimate of drug-likeness (QED) is 0.471. The lowest BCUT2D eigenvalue weighted by Gasteiger charge is -2.04. The number of pyridine rings is 1. The van der Waals surface area contributed by atoms with Gasteiger partial charge in [-0.3, -0.25) is 0 Å². The summed E-state index contributed by atoms with van der Waals surface area (Å²) in [7, 11) is 2.00. The fourth-order valence-electron chi connectivity index (χ4n) is 3.03. The Labute approximate surface area is 127 Å². The van der Waals surface area contributed by atoms with Gasteiger partial charge in [-0.2, -0.15) is 0 Å². The third-order valence-electron chi connectivity index (χ3n) is 4.14. The Morgan fingerprint density at radius 1 is 0.909 bits per heavy atom. The molecule has 0 saturated carbocycles. The van der Waals surface area contributed by atoms with Gasteiger partial charge in [0.25, 0.3) is 0 Å². The summed E-state index contributed by atoms with van der Waals surface area (Å²) in [6, 6.07) is 15.1. The Morgan fingerprint density at radius 3 is 2.55 bits per heavy atom. The Bertz CT molecular complexity index is 1020. The van der Waals surface area contributed by atoms with E-state index in [1.165, 1.54) is 6.07 Å². The number of furan rings is 1. The van der Waals surface area contributed by atoms with Gasteiger partial charge in [-0.05, 0) is 24.6 Å². The van der Waals surface area contributed by atoms with Crippen molar-refractivity contribution in [1.29, 1.82) is 0 Å². The van der Waals surface area contributed by atoms with Crippen LogP contribution in [0.1, 0.15) is 5.56 Å². The topological polar surface area (TPSA) is 17.0 Å². The molecule has 0 unspecified atom stereocenters. The molecule has 0 spiro atoms. The number of para-hydroxylation sites is 1. The van der Waals surface area contributed by atoms with Gasteiger partial charge >= 0.3 is 0 Å². The summed E-state index contributed by atoms with van der Waals surface area (Å²) in [5.41, 5.74) is 4.22. The van der Waals surface area contributed by atoms with Crippen molar-refractivity contribution in [2.24, 2.45) is 7.05 Å². The fourth-order valence-corrected chi connectivity index (χ4v) is 3.03. The van der Waals surface area contributed by atoms with Crippen molar-refractivity contribution in [3.63, 3.8) is 0 Å². The van der Waals surface area contributed by atoms with Crippen LogP contribution in [-0.4, -0.2) is 0 Å². The van der Waals surface area contributed by atoms with Gasteiger partial charge < -0.3 is 4.42 Å². The SMILES string of the molecule is Cc1ccc2c(oc3c(F)cccc32)c1-c1cccc[n+]1C. The summed E-state index contributed by atoms with van der Waals surface area (Å²) in [5, 5.41) is 1.76. The lowest BCUT2D eigenvalue weighted by molar-refractivity contribution is -0.660. The molecule has 2 aromatic heterocycles. The van der Waals surface area contributed by atoms with Gasteiger partial charge in [-0.1, -0.05) is 24.3 Å². The number of hydrogen-bond donors (Lipinski definition) is 0. The molecule has 0 aliphatic heterocycles. The van der Waals surface area contributed by atoms with Crippen molar-refractivity contribution in [2.45, 2.75) is 6.92 Å². The van der Waals surface area contributed by atoms with Crippen LogP contribution in [0.5, 0.6) is 0 Å². The van der Waals surface area contributed by atoms with Crippen LogP contribution in [0.15, 0.2) is 59.1 Å². The van der Waals surface area contributed by atoms with Crippen molar-refractivity contribution in [1.82, 2.24) is 0 Å². The van der Waals surface area contributed by atoms with Gasteiger partial charge in [0.15, 0.2) is 17.6 Å². The smallest absolute Gasteiger partial charge is 0.216 e. The Hall–Kier alpha value is -2.68. The van der Waals surface area contributed by atoms with E-state index in [-0.39, 0.29) is 5.82 Å². The van der Waals surface area contributed by atoms with Crippen LogP contribution in [0, 0.1) is 12.7 Å². The van der Waals surface area contributed by atoms with E-state index in [1.54, 1.807) is 6.07 Å². The van der Waals surface area contributed by atoms with Crippen molar-refractivity contribution in [3.8, 4) is 11.3 Å². The summed E-state index contributed by atoms with van der Waals surface area (Å²) in [6.07, 6.45) is 2.00. The molecule has 2 heterocycles. The van der Waals surface area contributed by atoms with Crippen molar-refractivity contribution < 1.29 is 13.4 Å². The molecule has 0 aliphatic rings. The molecule has 3 heteroatoms. The average molecular weight is 292 g/mol. The zero-order valence-corrected chi connectivity index (χ0v) is 12.4. The molecule has 0 aliphatic carbocycles. The minimum atomic E-state index is -0.324. The van der Waals surface area contributed by atoms with E-state index in [0.717, 1.165) is 33.2 Å². The minimum absolute atomic E-state index is 0.322. The molecule has 0 amide bonds. The Balaban J connectivity index is 2.19. The number of hydrogen-bond acceptors (Lipinski definition) is 1. The van der Waals surface area contributed by atoms with Gasteiger partial charge in [0, 0.05) is 22.9 Å². The standard InChI is InChI=1S/C19H15FNO/c1-12-9-10-14-13-6-5-7-15(20)18(13)22-19(14)17(12)16-8-3-4-11-21(16)2/h3-11H,1-2H3/q+1. The molecule has 4 rings (SSSR count). The van der Waals surface area contributed by atoms with Crippen LogP contribution in [0.3, 0.4) is 0 Å². The second-order valence-corrected chi connectivity index (χ2v) is 5.55. The molecule has 0 N–H and O–H groups in total. The molecule has 2 aromatic carbocycles.